The summed E-state index contributed by atoms with van der Waals surface area (Å²) < 4.78 is 3.28. The number of nitrogens with zero attached hydrogens (tertiary/aromatic N) is 2. The SMILES string of the molecule is CN(C)CCNC(=O)c1cc2sccc2n1Cc1ccc(C(C)(C)C)cc1. The van der Waals surface area contributed by atoms with Gasteiger partial charge in [-0.2, -0.15) is 0 Å². The molecule has 1 aromatic carbocycles. The normalized spacial score (nSPS) is 12.1. The number of nitrogens with one attached hydrogen (secondary N) is 1. The standard InChI is InChI=1S/C22H29N3OS/c1-22(2,3)17-8-6-16(7-9-17)15-25-18-10-13-27-20(18)14-19(25)21(26)23-11-12-24(4)5/h6-10,13-14H,11-12,15H2,1-5H3,(H,23,26). The minimum Gasteiger partial charge on any atom is -0.349 e. The lowest BCUT2D eigenvalue weighted by atomic mass is 9.87. The zero-order chi connectivity index (χ0) is 19.6. The Morgan fingerprint density at radius 1 is 1.15 bits per heavy atom. The fourth-order valence-corrected chi connectivity index (χ4v) is 3.93. The fraction of sp³-hybridized carbons (Fsp3) is 0.409. The van der Waals surface area contributed by atoms with Crippen LogP contribution < -0.4 is 5.32 Å². The molecule has 2 aromatic heterocycles. The summed E-state index contributed by atoms with van der Waals surface area (Å²) in [5.74, 6) is -0.00781. The molecule has 0 aliphatic carbocycles. The first-order valence-electron chi connectivity index (χ1n) is 9.35. The first kappa shape index (κ1) is 19.6. The molecule has 0 atom stereocenters. The highest BCUT2D eigenvalue weighted by molar-refractivity contribution is 7.17. The van der Waals surface area contributed by atoms with Crippen molar-refractivity contribution in [2.45, 2.75) is 32.7 Å². The Kier molecular flexibility index (Phi) is 5.72. The second-order valence-electron chi connectivity index (χ2n) is 8.29. The molecule has 3 aromatic rings. The molecular formula is C22H29N3OS. The third-order valence-corrected chi connectivity index (χ3v) is 5.61. The van der Waals surface area contributed by atoms with Gasteiger partial charge in [0.25, 0.3) is 5.91 Å². The molecule has 0 saturated heterocycles. The number of fused-ring (bicyclic) bond motifs is 1. The van der Waals surface area contributed by atoms with Crippen molar-refractivity contribution in [3.8, 4) is 0 Å². The van der Waals surface area contributed by atoms with E-state index >= 15 is 0 Å². The minimum atomic E-state index is -0.00781. The van der Waals surface area contributed by atoms with Gasteiger partial charge in [-0.15, -0.1) is 11.3 Å². The molecule has 0 fully saturated rings. The lowest BCUT2D eigenvalue weighted by molar-refractivity contribution is 0.0942. The van der Waals surface area contributed by atoms with Crippen molar-refractivity contribution in [3.05, 3.63) is 58.6 Å². The number of amides is 1. The van der Waals surface area contributed by atoms with Crippen LogP contribution in [-0.2, 0) is 12.0 Å². The van der Waals surface area contributed by atoms with Gasteiger partial charge in [0, 0.05) is 19.6 Å². The number of carbonyl (C=O) groups is 1. The number of carbonyl (C=O) groups excluding carboxylic acids is 1. The highest BCUT2D eigenvalue weighted by atomic mass is 32.1. The summed E-state index contributed by atoms with van der Waals surface area (Å²) in [5.41, 5.74) is 4.52. The molecule has 144 valence electrons. The van der Waals surface area contributed by atoms with Crippen molar-refractivity contribution in [3.63, 3.8) is 0 Å². The van der Waals surface area contributed by atoms with Crippen LogP contribution in [0.2, 0.25) is 0 Å². The van der Waals surface area contributed by atoms with Gasteiger partial charge in [-0.1, -0.05) is 45.0 Å². The predicted octanol–water partition coefficient (Wildman–Crippen LogP) is 4.34. The molecule has 0 aliphatic heterocycles. The third-order valence-electron chi connectivity index (χ3n) is 4.76. The molecule has 0 radical (unpaired) electrons. The fourth-order valence-electron chi connectivity index (χ4n) is 3.11. The van der Waals surface area contributed by atoms with Crippen LogP contribution in [0.25, 0.3) is 10.2 Å². The number of benzene rings is 1. The summed E-state index contributed by atoms with van der Waals surface area (Å²) in [6.45, 7) is 8.83. The van der Waals surface area contributed by atoms with E-state index in [0.717, 1.165) is 22.5 Å². The smallest absolute Gasteiger partial charge is 0.268 e. The number of hydrogen-bond donors (Lipinski definition) is 1. The molecule has 4 nitrogen and oxygen atoms in total. The average molecular weight is 384 g/mol. The molecule has 0 bridgehead atoms. The molecule has 0 unspecified atom stereocenters. The van der Waals surface area contributed by atoms with Crippen LogP contribution in [0, 0.1) is 0 Å². The number of aromatic nitrogens is 1. The molecular weight excluding hydrogens is 354 g/mol. The lowest BCUT2D eigenvalue weighted by Crippen LogP contribution is -2.32. The van der Waals surface area contributed by atoms with Crippen LogP contribution in [-0.4, -0.2) is 42.6 Å². The number of rotatable bonds is 6. The lowest BCUT2D eigenvalue weighted by Gasteiger charge is -2.19. The molecule has 2 heterocycles. The van der Waals surface area contributed by atoms with Crippen molar-refractivity contribution >= 4 is 27.5 Å². The van der Waals surface area contributed by atoms with Gasteiger partial charge in [-0.05, 0) is 48.2 Å². The van der Waals surface area contributed by atoms with Gasteiger partial charge in [0.15, 0.2) is 0 Å². The van der Waals surface area contributed by atoms with Crippen LogP contribution in [0.15, 0.2) is 41.8 Å². The van der Waals surface area contributed by atoms with Gasteiger partial charge < -0.3 is 14.8 Å². The third kappa shape index (κ3) is 4.60. The van der Waals surface area contributed by atoms with Crippen LogP contribution in [0.1, 0.15) is 42.4 Å². The minimum absolute atomic E-state index is 0.00781. The van der Waals surface area contributed by atoms with E-state index in [9.17, 15) is 4.79 Å². The zero-order valence-corrected chi connectivity index (χ0v) is 17.7. The van der Waals surface area contributed by atoms with E-state index < -0.39 is 0 Å². The van der Waals surface area contributed by atoms with E-state index in [4.69, 9.17) is 0 Å². The average Bonchev–Trinajstić information content (AvgIpc) is 3.17. The molecule has 1 N–H and O–H groups in total. The Hall–Kier alpha value is -2.11. The first-order chi connectivity index (χ1) is 12.8. The Bertz CT molecular complexity index is 913. The van der Waals surface area contributed by atoms with Gasteiger partial charge in [0.2, 0.25) is 0 Å². The van der Waals surface area contributed by atoms with E-state index in [0.29, 0.717) is 13.1 Å². The van der Waals surface area contributed by atoms with E-state index in [2.05, 4.69) is 71.3 Å². The summed E-state index contributed by atoms with van der Waals surface area (Å²) in [6.07, 6.45) is 0. The zero-order valence-electron chi connectivity index (χ0n) is 16.9. The topological polar surface area (TPSA) is 37.3 Å². The molecule has 27 heavy (non-hydrogen) atoms. The van der Waals surface area contributed by atoms with Crippen LogP contribution >= 0.6 is 11.3 Å². The Labute approximate surface area is 165 Å². The number of likely N-dealkylation sites (N-methyl/N-ethyl adjacent to an activating group) is 1. The number of hydrogen-bond acceptors (Lipinski definition) is 3. The van der Waals surface area contributed by atoms with Crippen LogP contribution in [0.4, 0.5) is 0 Å². The van der Waals surface area contributed by atoms with Crippen molar-refractivity contribution in [2.24, 2.45) is 0 Å². The van der Waals surface area contributed by atoms with Crippen molar-refractivity contribution in [1.29, 1.82) is 0 Å². The molecule has 3 rings (SSSR count). The summed E-state index contributed by atoms with van der Waals surface area (Å²) in [7, 11) is 4.01. The second kappa shape index (κ2) is 7.87. The molecule has 0 spiro atoms. The quantitative estimate of drug-likeness (QED) is 0.687. The van der Waals surface area contributed by atoms with Gasteiger partial charge in [0.05, 0.1) is 10.2 Å². The van der Waals surface area contributed by atoms with Crippen molar-refractivity contribution < 1.29 is 4.79 Å². The Balaban J connectivity index is 1.84. The van der Waals surface area contributed by atoms with Crippen LogP contribution in [0.3, 0.4) is 0 Å². The van der Waals surface area contributed by atoms with Gasteiger partial charge in [-0.3, -0.25) is 4.79 Å². The van der Waals surface area contributed by atoms with E-state index in [1.807, 2.05) is 20.2 Å². The molecule has 0 saturated carbocycles. The van der Waals surface area contributed by atoms with Gasteiger partial charge in [0.1, 0.15) is 5.69 Å². The largest absolute Gasteiger partial charge is 0.349 e. The van der Waals surface area contributed by atoms with Gasteiger partial charge in [-0.25, -0.2) is 0 Å². The highest BCUT2D eigenvalue weighted by Crippen LogP contribution is 2.27. The van der Waals surface area contributed by atoms with E-state index in [1.54, 1.807) is 11.3 Å². The maximum absolute atomic E-state index is 12.7. The monoisotopic (exact) mass is 383 g/mol. The van der Waals surface area contributed by atoms with E-state index in [1.165, 1.54) is 11.1 Å². The summed E-state index contributed by atoms with van der Waals surface area (Å²) in [6, 6.07) is 12.8. The van der Waals surface area contributed by atoms with Crippen molar-refractivity contribution in [1.82, 2.24) is 14.8 Å². The van der Waals surface area contributed by atoms with E-state index in [-0.39, 0.29) is 11.3 Å². The molecule has 5 heteroatoms. The highest BCUT2D eigenvalue weighted by Gasteiger charge is 2.17. The first-order valence-corrected chi connectivity index (χ1v) is 10.2. The summed E-state index contributed by atoms with van der Waals surface area (Å²) in [4.78, 5) is 14.8. The predicted molar refractivity (Wildman–Crippen MR) is 115 cm³/mol. The maximum atomic E-state index is 12.7. The second-order valence-corrected chi connectivity index (χ2v) is 9.24. The summed E-state index contributed by atoms with van der Waals surface area (Å²) in [5, 5.41) is 5.12. The molecule has 0 aliphatic rings. The van der Waals surface area contributed by atoms with Crippen molar-refractivity contribution in [2.75, 3.05) is 27.2 Å². The Morgan fingerprint density at radius 2 is 1.85 bits per heavy atom. The molecule has 1 amide bonds. The Morgan fingerprint density at radius 3 is 2.48 bits per heavy atom. The number of thiophene rings is 1. The summed E-state index contributed by atoms with van der Waals surface area (Å²) >= 11 is 1.68. The van der Waals surface area contributed by atoms with Crippen LogP contribution in [0.5, 0.6) is 0 Å². The van der Waals surface area contributed by atoms with Gasteiger partial charge >= 0.3 is 0 Å². The maximum Gasteiger partial charge on any atom is 0.268 e.